The van der Waals surface area contributed by atoms with Crippen molar-refractivity contribution in [1.82, 2.24) is 0 Å². The standard InChI is InChI=1S/C21H20NO.BrH/c1-16-7-6-14-22(17(16)2)15-21(23)20-12-10-19(11-13-20)18-8-4-3-5-9-18;/h3-14H,15H2,1-2H3;1H/q+1;/p-1. The molecule has 1 heterocycles. The normalized spacial score (nSPS) is 10.1. The highest BCUT2D eigenvalue weighted by Crippen LogP contribution is 2.19. The number of ketones is 1. The van der Waals surface area contributed by atoms with Crippen molar-refractivity contribution >= 4 is 5.78 Å². The molecular weight excluding hydrogens is 362 g/mol. The molecule has 0 saturated carbocycles. The van der Waals surface area contributed by atoms with Crippen molar-refractivity contribution in [1.29, 1.82) is 0 Å². The van der Waals surface area contributed by atoms with Gasteiger partial charge >= 0.3 is 0 Å². The lowest BCUT2D eigenvalue weighted by Gasteiger charge is -2.05. The Morgan fingerprint density at radius 1 is 0.833 bits per heavy atom. The minimum absolute atomic E-state index is 0. The van der Waals surface area contributed by atoms with Crippen LogP contribution in [0.25, 0.3) is 11.1 Å². The molecule has 3 aromatic rings. The molecule has 0 N–H and O–H groups in total. The van der Waals surface area contributed by atoms with Gasteiger partial charge in [0.05, 0.1) is 0 Å². The molecule has 2 nitrogen and oxygen atoms in total. The largest absolute Gasteiger partial charge is 1.00 e. The summed E-state index contributed by atoms with van der Waals surface area (Å²) >= 11 is 0. The van der Waals surface area contributed by atoms with E-state index < -0.39 is 0 Å². The summed E-state index contributed by atoms with van der Waals surface area (Å²) in [6.45, 7) is 4.48. The summed E-state index contributed by atoms with van der Waals surface area (Å²) in [5.74, 6) is 0.128. The van der Waals surface area contributed by atoms with Gasteiger partial charge in [-0.2, -0.15) is 4.57 Å². The van der Waals surface area contributed by atoms with Gasteiger partial charge < -0.3 is 17.0 Å². The van der Waals surface area contributed by atoms with Crippen LogP contribution in [0.1, 0.15) is 21.6 Å². The minimum atomic E-state index is 0. The van der Waals surface area contributed by atoms with E-state index >= 15 is 0 Å². The molecule has 2 aromatic carbocycles. The van der Waals surface area contributed by atoms with Gasteiger partial charge in [0, 0.05) is 24.1 Å². The van der Waals surface area contributed by atoms with Gasteiger partial charge in [-0.05, 0) is 24.1 Å². The molecule has 0 aliphatic carbocycles. The molecule has 0 aliphatic heterocycles. The molecule has 3 heteroatoms. The maximum Gasteiger partial charge on any atom is 0.227 e. The van der Waals surface area contributed by atoms with Crippen molar-refractivity contribution in [3.63, 3.8) is 0 Å². The van der Waals surface area contributed by atoms with Crippen LogP contribution in [0.15, 0.2) is 72.9 Å². The highest BCUT2D eigenvalue weighted by Gasteiger charge is 2.15. The van der Waals surface area contributed by atoms with Crippen molar-refractivity contribution in [2.45, 2.75) is 20.4 Å². The second-order valence-corrected chi connectivity index (χ2v) is 5.77. The number of Topliss-reactive ketones (excluding diaryl/α,β-unsaturated/α-hetero) is 1. The molecule has 0 fully saturated rings. The monoisotopic (exact) mass is 381 g/mol. The maximum atomic E-state index is 12.5. The van der Waals surface area contributed by atoms with E-state index in [0.29, 0.717) is 6.54 Å². The third-order valence-electron chi connectivity index (χ3n) is 4.24. The maximum absolute atomic E-state index is 12.5. The molecule has 0 bridgehead atoms. The first kappa shape index (κ1) is 18.1. The zero-order chi connectivity index (χ0) is 16.2. The summed E-state index contributed by atoms with van der Waals surface area (Å²) in [7, 11) is 0. The molecule has 122 valence electrons. The topological polar surface area (TPSA) is 20.9 Å². The van der Waals surface area contributed by atoms with Crippen LogP contribution in [0.3, 0.4) is 0 Å². The van der Waals surface area contributed by atoms with Gasteiger partial charge in [0.15, 0.2) is 11.9 Å². The van der Waals surface area contributed by atoms with E-state index in [9.17, 15) is 4.79 Å². The third kappa shape index (κ3) is 3.98. The number of carbonyl (C=O) groups is 1. The molecule has 24 heavy (non-hydrogen) atoms. The highest BCUT2D eigenvalue weighted by molar-refractivity contribution is 5.95. The number of aromatic nitrogens is 1. The first-order valence-corrected chi connectivity index (χ1v) is 7.79. The highest BCUT2D eigenvalue weighted by atomic mass is 79.9. The summed E-state index contributed by atoms with van der Waals surface area (Å²) in [5, 5.41) is 0. The zero-order valence-corrected chi connectivity index (χ0v) is 15.5. The fourth-order valence-corrected chi connectivity index (χ4v) is 2.65. The zero-order valence-electron chi connectivity index (χ0n) is 13.9. The number of rotatable bonds is 4. The number of halogens is 1. The van der Waals surface area contributed by atoms with Crippen LogP contribution in [-0.2, 0) is 6.54 Å². The SMILES string of the molecule is Cc1ccc[n+](CC(=O)c2ccc(-c3ccccc3)cc2)c1C.[Br-]. The van der Waals surface area contributed by atoms with Crippen LogP contribution >= 0.6 is 0 Å². The van der Waals surface area contributed by atoms with Crippen molar-refractivity contribution in [3.05, 3.63) is 89.7 Å². The second kappa shape index (κ2) is 8.02. The lowest BCUT2D eigenvalue weighted by atomic mass is 10.0. The Bertz CT molecular complexity index is 826. The van der Waals surface area contributed by atoms with Gasteiger partial charge in [-0.1, -0.05) is 54.6 Å². The third-order valence-corrected chi connectivity index (χ3v) is 4.24. The van der Waals surface area contributed by atoms with E-state index in [1.54, 1.807) is 0 Å². The Morgan fingerprint density at radius 2 is 1.46 bits per heavy atom. The number of hydrogen-bond acceptors (Lipinski definition) is 1. The van der Waals surface area contributed by atoms with Crippen LogP contribution < -0.4 is 21.5 Å². The molecule has 0 aliphatic rings. The van der Waals surface area contributed by atoms with Crippen molar-refractivity contribution in [3.8, 4) is 11.1 Å². The molecule has 0 saturated heterocycles. The molecule has 3 rings (SSSR count). The molecule has 0 unspecified atom stereocenters. The Balaban J connectivity index is 0.00000208. The van der Waals surface area contributed by atoms with Gasteiger partial charge in [-0.15, -0.1) is 0 Å². The van der Waals surface area contributed by atoms with E-state index in [2.05, 4.69) is 25.1 Å². The van der Waals surface area contributed by atoms with Crippen molar-refractivity contribution in [2.24, 2.45) is 0 Å². The Morgan fingerprint density at radius 3 is 2.12 bits per heavy atom. The van der Waals surface area contributed by atoms with Crippen LogP contribution in [-0.4, -0.2) is 5.78 Å². The van der Waals surface area contributed by atoms with Crippen LogP contribution in [0.5, 0.6) is 0 Å². The summed E-state index contributed by atoms with van der Waals surface area (Å²) in [6, 6.07) is 22.1. The molecule has 0 radical (unpaired) electrons. The van der Waals surface area contributed by atoms with Gasteiger partial charge in [-0.3, -0.25) is 4.79 Å². The fourth-order valence-electron chi connectivity index (χ4n) is 2.65. The summed E-state index contributed by atoms with van der Waals surface area (Å²) in [4.78, 5) is 12.5. The van der Waals surface area contributed by atoms with E-state index in [1.807, 2.05) is 66.2 Å². The summed E-state index contributed by atoms with van der Waals surface area (Å²) < 4.78 is 2.00. The predicted octanol–water partition coefficient (Wildman–Crippen LogP) is 1.14. The van der Waals surface area contributed by atoms with E-state index in [-0.39, 0.29) is 22.8 Å². The van der Waals surface area contributed by atoms with Crippen molar-refractivity contribution in [2.75, 3.05) is 0 Å². The summed E-state index contributed by atoms with van der Waals surface area (Å²) in [5.41, 5.74) is 5.36. The Hall–Kier alpha value is -2.26. The quantitative estimate of drug-likeness (QED) is 0.490. The smallest absolute Gasteiger partial charge is 0.227 e. The van der Waals surface area contributed by atoms with E-state index in [0.717, 1.165) is 22.4 Å². The number of carbonyl (C=O) groups excluding carboxylic acids is 1. The lowest BCUT2D eigenvalue weighted by Crippen LogP contribution is -3.00. The second-order valence-electron chi connectivity index (χ2n) is 5.77. The van der Waals surface area contributed by atoms with Gasteiger partial charge in [0.1, 0.15) is 0 Å². The fraction of sp³-hybridized carbons (Fsp3) is 0.143. The molecule has 0 atom stereocenters. The van der Waals surface area contributed by atoms with Crippen LogP contribution in [0.4, 0.5) is 0 Å². The predicted molar refractivity (Wildman–Crippen MR) is 92.3 cm³/mol. The number of aryl methyl sites for hydroxylation is 1. The van der Waals surface area contributed by atoms with Crippen molar-refractivity contribution < 1.29 is 26.3 Å². The van der Waals surface area contributed by atoms with Gasteiger partial charge in [0.25, 0.3) is 0 Å². The van der Waals surface area contributed by atoms with Gasteiger partial charge in [0.2, 0.25) is 12.3 Å². The number of hydrogen-bond donors (Lipinski definition) is 0. The first-order valence-electron chi connectivity index (χ1n) is 7.79. The van der Waals surface area contributed by atoms with Gasteiger partial charge in [-0.25, -0.2) is 0 Å². The van der Waals surface area contributed by atoms with E-state index in [1.165, 1.54) is 5.56 Å². The summed E-state index contributed by atoms with van der Waals surface area (Å²) in [6.07, 6.45) is 1.96. The van der Waals surface area contributed by atoms with Crippen LogP contribution in [0.2, 0.25) is 0 Å². The first-order chi connectivity index (χ1) is 11.1. The number of pyridine rings is 1. The van der Waals surface area contributed by atoms with Crippen LogP contribution in [0, 0.1) is 13.8 Å². The van der Waals surface area contributed by atoms with E-state index in [4.69, 9.17) is 0 Å². The Kier molecular flexibility index (Phi) is 6.04. The molecule has 0 spiro atoms. The lowest BCUT2D eigenvalue weighted by molar-refractivity contribution is -0.689. The molecule has 1 aromatic heterocycles. The number of nitrogens with zero attached hydrogens (tertiary/aromatic N) is 1. The molecule has 0 amide bonds. The average Bonchev–Trinajstić information content (AvgIpc) is 2.60. The number of benzene rings is 2. The average molecular weight is 382 g/mol. The Labute approximate surface area is 153 Å². The minimum Gasteiger partial charge on any atom is -1.00 e. The molecular formula is C21H20BrNO.